The summed E-state index contributed by atoms with van der Waals surface area (Å²) in [6.07, 6.45) is 5.34. The molecule has 0 unspecified atom stereocenters. The minimum absolute atomic E-state index is 0.769. The van der Waals surface area contributed by atoms with Crippen molar-refractivity contribution in [2.45, 2.75) is 6.54 Å². The summed E-state index contributed by atoms with van der Waals surface area (Å²) in [5, 5.41) is 6.02. The van der Waals surface area contributed by atoms with Crippen LogP contribution in [-0.2, 0) is 6.54 Å². The van der Waals surface area contributed by atoms with E-state index in [1.165, 1.54) is 4.88 Å². The first-order valence-electron chi connectivity index (χ1n) is 4.81. The van der Waals surface area contributed by atoms with E-state index in [2.05, 4.69) is 11.2 Å². The van der Waals surface area contributed by atoms with E-state index in [0.717, 1.165) is 22.8 Å². The first-order chi connectivity index (χ1) is 7.78. The summed E-state index contributed by atoms with van der Waals surface area (Å²) in [6, 6.07) is 9.77. The zero-order valence-electron chi connectivity index (χ0n) is 8.53. The molecule has 1 aromatic carbocycles. The second-order valence-corrected chi connectivity index (χ2v) is 4.74. The Kier molecular flexibility index (Phi) is 3.51. The normalized spacial score (nSPS) is 9.75. The third-order valence-corrected chi connectivity index (χ3v) is 3.40. The molecule has 80 valence electrons. The van der Waals surface area contributed by atoms with Crippen LogP contribution in [0.3, 0.4) is 0 Å². The van der Waals surface area contributed by atoms with Crippen LogP contribution in [0.4, 0.5) is 5.69 Å². The van der Waals surface area contributed by atoms with Crippen LogP contribution in [-0.4, -0.2) is 0 Å². The minimum atomic E-state index is 0.769. The van der Waals surface area contributed by atoms with Crippen molar-refractivity contribution in [3.63, 3.8) is 0 Å². The predicted molar refractivity (Wildman–Crippen MR) is 71.0 cm³/mol. The summed E-state index contributed by atoms with van der Waals surface area (Å²) >= 11 is 7.49. The molecule has 1 nitrogen and oxygen atoms in total. The van der Waals surface area contributed by atoms with Crippen molar-refractivity contribution < 1.29 is 0 Å². The molecule has 3 heteroatoms. The van der Waals surface area contributed by atoms with E-state index in [9.17, 15) is 0 Å². The maximum Gasteiger partial charge on any atom is 0.0516 e. The molecule has 1 N–H and O–H groups in total. The second-order valence-electron chi connectivity index (χ2n) is 3.31. The van der Waals surface area contributed by atoms with Gasteiger partial charge in [0.1, 0.15) is 0 Å². The van der Waals surface area contributed by atoms with E-state index in [0.29, 0.717) is 0 Å². The van der Waals surface area contributed by atoms with Gasteiger partial charge in [0, 0.05) is 28.1 Å². The van der Waals surface area contributed by atoms with Gasteiger partial charge in [0.2, 0.25) is 0 Å². The monoisotopic (exact) mass is 247 g/mol. The summed E-state index contributed by atoms with van der Waals surface area (Å²) in [7, 11) is 0. The fraction of sp³-hybridized carbons (Fsp3) is 0.0769. The fourth-order valence-corrected chi connectivity index (χ4v) is 2.37. The highest BCUT2D eigenvalue weighted by molar-refractivity contribution is 7.10. The number of nitrogens with one attached hydrogen (secondary N) is 1. The van der Waals surface area contributed by atoms with Gasteiger partial charge in [-0.15, -0.1) is 17.8 Å². The van der Waals surface area contributed by atoms with E-state index in [1.807, 2.05) is 35.7 Å². The number of benzene rings is 1. The molecule has 0 atom stereocenters. The molecule has 0 fully saturated rings. The highest BCUT2D eigenvalue weighted by Crippen LogP contribution is 2.20. The van der Waals surface area contributed by atoms with E-state index in [1.54, 1.807) is 11.3 Å². The molecule has 0 amide bonds. The molecule has 2 aromatic rings. The zero-order valence-corrected chi connectivity index (χ0v) is 10.1. The molecule has 0 saturated heterocycles. The standard InChI is InChI=1S/C13H10ClNS/c1-2-10-4-3-5-12(6-10)15-8-13-7-11(14)9-16-13/h1,3-7,9,15H,8H2. The molecule has 0 spiro atoms. The Balaban J connectivity index is 2.02. The van der Waals surface area contributed by atoms with Gasteiger partial charge in [-0.1, -0.05) is 23.6 Å². The van der Waals surface area contributed by atoms with Crippen molar-refractivity contribution in [2.75, 3.05) is 5.32 Å². The Morgan fingerprint density at radius 3 is 2.94 bits per heavy atom. The summed E-state index contributed by atoms with van der Waals surface area (Å²) < 4.78 is 0. The number of hydrogen-bond acceptors (Lipinski definition) is 2. The van der Waals surface area contributed by atoms with Crippen molar-refractivity contribution >= 4 is 28.6 Å². The maximum absolute atomic E-state index is 5.85. The third kappa shape index (κ3) is 2.79. The van der Waals surface area contributed by atoms with Crippen molar-refractivity contribution in [3.8, 4) is 12.3 Å². The molecule has 1 heterocycles. The van der Waals surface area contributed by atoms with Gasteiger partial charge in [-0.3, -0.25) is 0 Å². The van der Waals surface area contributed by atoms with Crippen LogP contribution < -0.4 is 5.32 Å². The largest absolute Gasteiger partial charge is 0.380 e. The van der Waals surface area contributed by atoms with Crippen LogP contribution in [0, 0.1) is 12.3 Å². The number of thiophene rings is 1. The molecule has 0 saturated carbocycles. The van der Waals surface area contributed by atoms with Crippen LogP contribution in [0.15, 0.2) is 35.7 Å². The highest BCUT2D eigenvalue weighted by Gasteiger charge is 1.98. The Morgan fingerprint density at radius 1 is 1.38 bits per heavy atom. The highest BCUT2D eigenvalue weighted by atomic mass is 35.5. The lowest BCUT2D eigenvalue weighted by Crippen LogP contribution is -1.97. The van der Waals surface area contributed by atoms with Gasteiger partial charge in [0.25, 0.3) is 0 Å². The SMILES string of the molecule is C#Cc1cccc(NCc2cc(Cl)cs2)c1. The van der Waals surface area contributed by atoms with Gasteiger partial charge in [-0.25, -0.2) is 0 Å². The molecule has 0 radical (unpaired) electrons. The average molecular weight is 248 g/mol. The second kappa shape index (κ2) is 5.07. The van der Waals surface area contributed by atoms with Gasteiger partial charge >= 0.3 is 0 Å². The lowest BCUT2D eigenvalue weighted by Gasteiger charge is -2.04. The zero-order chi connectivity index (χ0) is 11.4. The maximum atomic E-state index is 5.85. The quantitative estimate of drug-likeness (QED) is 0.809. The van der Waals surface area contributed by atoms with Gasteiger partial charge in [0.05, 0.1) is 5.02 Å². The Labute approximate surface area is 104 Å². The van der Waals surface area contributed by atoms with Crippen LogP contribution in [0.2, 0.25) is 5.02 Å². The smallest absolute Gasteiger partial charge is 0.0516 e. The van der Waals surface area contributed by atoms with Gasteiger partial charge < -0.3 is 5.32 Å². The first-order valence-corrected chi connectivity index (χ1v) is 6.07. The lowest BCUT2D eigenvalue weighted by atomic mass is 10.2. The van der Waals surface area contributed by atoms with Crippen molar-refractivity contribution in [2.24, 2.45) is 0 Å². The number of anilines is 1. The van der Waals surface area contributed by atoms with Crippen LogP contribution >= 0.6 is 22.9 Å². The molecule has 0 bridgehead atoms. The molecule has 0 aliphatic carbocycles. The number of hydrogen-bond donors (Lipinski definition) is 1. The van der Waals surface area contributed by atoms with Crippen LogP contribution in [0.1, 0.15) is 10.4 Å². The first kappa shape index (κ1) is 11.1. The summed E-state index contributed by atoms with van der Waals surface area (Å²) in [5.74, 6) is 2.61. The summed E-state index contributed by atoms with van der Waals surface area (Å²) in [5.41, 5.74) is 1.91. The number of halogens is 1. The van der Waals surface area contributed by atoms with E-state index in [-0.39, 0.29) is 0 Å². The fourth-order valence-electron chi connectivity index (χ4n) is 1.35. The minimum Gasteiger partial charge on any atom is -0.380 e. The predicted octanol–water partition coefficient (Wildman–Crippen LogP) is 3.99. The van der Waals surface area contributed by atoms with Gasteiger partial charge in [-0.05, 0) is 24.3 Å². The topological polar surface area (TPSA) is 12.0 Å². The van der Waals surface area contributed by atoms with Crippen molar-refractivity contribution in [1.82, 2.24) is 0 Å². The van der Waals surface area contributed by atoms with E-state index < -0.39 is 0 Å². The molecule has 0 aliphatic rings. The Hall–Kier alpha value is -1.43. The third-order valence-electron chi connectivity index (χ3n) is 2.12. The molecule has 1 aromatic heterocycles. The Morgan fingerprint density at radius 2 is 2.25 bits per heavy atom. The van der Waals surface area contributed by atoms with Gasteiger partial charge in [0.15, 0.2) is 0 Å². The van der Waals surface area contributed by atoms with E-state index >= 15 is 0 Å². The summed E-state index contributed by atoms with van der Waals surface area (Å²) in [6.45, 7) is 0.769. The molecular weight excluding hydrogens is 238 g/mol. The lowest BCUT2D eigenvalue weighted by molar-refractivity contribution is 1.19. The average Bonchev–Trinajstić information content (AvgIpc) is 2.73. The van der Waals surface area contributed by atoms with Crippen molar-refractivity contribution in [1.29, 1.82) is 0 Å². The van der Waals surface area contributed by atoms with Crippen LogP contribution in [0.5, 0.6) is 0 Å². The van der Waals surface area contributed by atoms with Gasteiger partial charge in [-0.2, -0.15) is 0 Å². The van der Waals surface area contributed by atoms with Crippen molar-refractivity contribution in [3.05, 3.63) is 51.2 Å². The summed E-state index contributed by atoms with van der Waals surface area (Å²) in [4.78, 5) is 1.20. The molecule has 0 aliphatic heterocycles. The number of rotatable bonds is 3. The number of terminal acetylenes is 1. The Bertz CT molecular complexity index is 525. The van der Waals surface area contributed by atoms with E-state index in [4.69, 9.17) is 18.0 Å². The molecule has 16 heavy (non-hydrogen) atoms. The molecule has 2 rings (SSSR count). The van der Waals surface area contributed by atoms with Crippen LogP contribution in [0.25, 0.3) is 0 Å². The molecular formula is C13H10ClNS.